The average molecular weight is 231 g/mol. The molecule has 1 aliphatic heterocycles. The number of fused-ring (bicyclic) bond motifs is 1. The van der Waals surface area contributed by atoms with Crippen molar-refractivity contribution in [3.63, 3.8) is 0 Å². The van der Waals surface area contributed by atoms with Crippen molar-refractivity contribution in [1.82, 2.24) is 5.32 Å². The van der Waals surface area contributed by atoms with Gasteiger partial charge in [-0.25, -0.2) is 0 Å². The summed E-state index contributed by atoms with van der Waals surface area (Å²) in [4.78, 5) is 0. The Labute approximate surface area is 103 Å². The fraction of sp³-hybridized carbons (Fsp3) is 0.600. The van der Waals surface area contributed by atoms with Gasteiger partial charge in [-0.3, -0.25) is 0 Å². The second kappa shape index (κ2) is 4.43. The van der Waals surface area contributed by atoms with Crippen molar-refractivity contribution in [2.75, 3.05) is 6.54 Å². The second-order valence-corrected chi connectivity index (χ2v) is 5.55. The van der Waals surface area contributed by atoms with E-state index in [-0.39, 0.29) is 0 Å². The zero-order valence-corrected chi connectivity index (χ0v) is 10.3. The summed E-state index contributed by atoms with van der Waals surface area (Å²) in [6.07, 6.45) is 6.37. The molecule has 0 radical (unpaired) electrons. The number of nitrogens with one attached hydrogen (secondary N) is 1. The van der Waals surface area contributed by atoms with Crippen LogP contribution in [0.25, 0.3) is 0 Å². The van der Waals surface area contributed by atoms with E-state index in [9.17, 15) is 5.11 Å². The van der Waals surface area contributed by atoms with Gasteiger partial charge in [0.15, 0.2) is 0 Å². The second-order valence-electron chi connectivity index (χ2n) is 5.55. The van der Waals surface area contributed by atoms with Crippen LogP contribution in [0.3, 0.4) is 0 Å². The van der Waals surface area contributed by atoms with Crippen LogP contribution in [-0.4, -0.2) is 23.3 Å². The van der Waals surface area contributed by atoms with Gasteiger partial charge in [-0.1, -0.05) is 30.7 Å². The Morgan fingerprint density at radius 3 is 2.76 bits per heavy atom. The Morgan fingerprint density at radius 1 is 1.18 bits per heavy atom. The van der Waals surface area contributed by atoms with Crippen molar-refractivity contribution in [2.45, 2.75) is 50.2 Å². The van der Waals surface area contributed by atoms with Gasteiger partial charge in [0.1, 0.15) is 0 Å². The van der Waals surface area contributed by atoms with E-state index in [1.165, 1.54) is 24.0 Å². The van der Waals surface area contributed by atoms with E-state index < -0.39 is 5.60 Å². The summed E-state index contributed by atoms with van der Waals surface area (Å²) in [6.45, 7) is 1.06. The van der Waals surface area contributed by atoms with E-state index in [1.807, 2.05) is 0 Å². The monoisotopic (exact) mass is 231 g/mol. The maximum Gasteiger partial charge on any atom is 0.0843 e. The van der Waals surface area contributed by atoms with Crippen molar-refractivity contribution in [2.24, 2.45) is 0 Å². The zero-order valence-electron chi connectivity index (χ0n) is 10.3. The van der Waals surface area contributed by atoms with Gasteiger partial charge < -0.3 is 10.4 Å². The van der Waals surface area contributed by atoms with Gasteiger partial charge in [0.05, 0.1) is 5.60 Å². The predicted molar refractivity (Wildman–Crippen MR) is 69.1 cm³/mol. The summed E-state index contributed by atoms with van der Waals surface area (Å²) in [5.74, 6) is 0. The Kier molecular flexibility index (Phi) is 2.93. The molecule has 1 aromatic carbocycles. The SMILES string of the molecule is OC1(C2CCCCN2)CCc2ccccc2C1. The summed E-state index contributed by atoms with van der Waals surface area (Å²) >= 11 is 0. The molecule has 3 rings (SSSR count). The summed E-state index contributed by atoms with van der Waals surface area (Å²) in [7, 11) is 0. The Morgan fingerprint density at radius 2 is 2.00 bits per heavy atom. The first kappa shape index (κ1) is 11.2. The number of hydrogen-bond acceptors (Lipinski definition) is 2. The molecule has 0 amide bonds. The third-order valence-electron chi connectivity index (χ3n) is 4.40. The molecule has 17 heavy (non-hydrogen) atoms. The molecule has 0 spiro atoms. The molecule has 1 saturated heterocycles. The van der Waals surface area contributed by atoms with Crippen LogP contribution >= 0.6 is 0 Å². The molecular weight excluding hydrogens is 210 g/mol. The molecule has 0 bridgehead atoms. The first-order chi connectivity index (χ1) is 8.28. The molecule has 2 unspecified atom stereocenters. The average Bonchev–Trinajstić information content (AvgIpc) is 2.40. The third-order valence-corrected chi connectivity index (χ3v) is 4.40. The van der Waals surface area contributed by atoms with Crippen molar-refractivity contribution in [1.29, 1.82) is 0 Å². The Balaban J connectivity index is 1.81. The minimum Gasteiger partial charge on any atom is -0.388 e. The summed E-state index contributed by atoms with van der Waals surface area (Å²) < 4.78 is 0. The lowest BCUT2D eigenvalue weighted by molar-refractivity contribution is -0.0189. The van der Waals surface area contributed by atoms with Crippen molar-refractivity contribution >= 4 is 0 Å². The van der Waals surface area contributed by atoms with E-state index in [2.05, 4.69) is 29.6 Å². The molecular formula is C15H21NO. The molecule has 92 valence electrons. The number of rotatable bonds is 1. The number of piperidine rings is 1. The summed E-state index contributed by atoms with van der Waals surface area (Å²) in [6, 6.07) is 8.84. The van der Waals surface area contributed by atoms with Crippen LogP contribution in [0, 0.1) is 0 Å². The van der Waals surface area contributed by atoms with Gasteiger partial charge in [-0.05, 0) is 43.4 Å². The van der Waals surface area contributed by atoms with Crippen LogP contribution in [0.15, 0.2) is 24.3 Å². The number of hydrogen-bond donors (Lipinski definition) is 2. The van der Waals surface area contributed by atoms with Gasteiger partial charge in [-0.15, -0.1) is 0 Å². The predicted octanol–water partition coefficient (Wildman–Crippen LogP) is 2.05. The standard InChI is InChI=1S/C15H21NO/c17-15(14-7-3-4-10-16-14)9-8-12-5-1-2-6-13(12)11-15/h1-2,5-6,14,16-17H,3-4,7-11H2. The van der Waals surface area contributed by atoms with Crippen LogP contribution in [0.1, 0.15) is 36.8 Å². The molecule has 2 N–H and O–H groups in total. The Bertz CT molecular complexity index is 398. The van der Waals surface area contributed by atoms with Crippen molar-refractivity contribution in [3.8, 4) is 0 Å². The quantitative estimate of drug-likeness (QED) is 0.775. The fourth-order valence-corrected chi connectivity index (χ4v) is 3.35. The van der Waals surface area contributed by atoms with E-state index in [0.29, 0.717) is 6.04 Å². The van der Waals surface area contributed by atoms with Crippen LogP contribution in [-0.2, 0) is 12.8 Å². The smallest absolute Gasteiger partial charge is 0.0843 e. The summed E-state index contributed by atoms with van der Waals surface area (Å²) in [5.41, 5.74) is 2.25. The topological polar surface area (TPSA) is 32.3 Å². The highest BCUT2D eigenvalue weighted by molar-refractivity contribution is 5.32. The lowest BCUT2D eigenvalue weighted by Crippen LogP contribution is -2.55. The van der Waals surface area contributed by atoms with E-state index in [0.717, 1.165) is 32.2 Å². The molecule has 2 heteroatoms. The van der Waals surface area contributed by atoms with Crippen LogP contribution in [0.4, 0.5) is 0 Å². The van der Waals surface area contributed by atoms with Gasteiger partial charge in [0, 0.05) is 12.5 Å². The molecule has 0 aromatic heterocycles. The van der Waals surface area contributed by atoms with Gasteiger partial charge in [0.2, 0.25) is 0 Å². The molecule has 1 heterocycles. The minimum absolute atomic E-state index is 0.296. The van der Waals surface area contributed by atoms with Crippen molar-refractivity contribution < 1.29 is 5.11 Å². The zero-order chi connectivity index (χ0) is 11.7. The molecule has 2 nitrogen and oxygen atoms in total. The summed E-state index contributed by atoms with van der Waals surface area (Å²) in [5, 5.41) is 14.4. The Hall–Kier alpha value is -0.860. The first-order valence-electron chi connectivity index (χ1n) is 6.80. The normalized spacial score (nSPS) is 33.1. The van der Waals surface area contributed by atoms with Crippen LogP contribution in [0.5, 0.6) is 0 Å². The van der Waals surface area contributed by atoms with Gasteiger partial charge in [-0.2, -0.15) is 0 Å². The highest BCUT2D eigenvalue weighted by Crippen LogP contribution is 2.33. The van der Waals surface area contributed by atoms with Crippen molar-refractivity contribution in [3.05, 3.63) is 35.4 Å². The number of aryl methyl sites for hydroxylation is 1. The van der Waals surface area contributed by atoms with Crippen LogP contribution < -0.4 is 5.32 Å². The highest BCUT2D eigenvalue weighted by Gasteiger charge is 2.39. The number of benzene rings is 1. The maximum absolute atomic E-state index is 10.9. The van der Waals surface area contributed by atoms with Gasteiger partial charge >= 0.3 is 0 Å². The number of aliphatic hydroxyl groups is 1. The molecule has 2 aliphatic rings. The molecule has 1 aromatic rings. The molecule has 2 atom stereocenters. The third kappa shape index (κ3) is 2.12. The highest BCUT2D eigenvalue weighted by atomic mass is 16.3. The van der Waals surface area contributed by atoms with E-state index in [1.54, 1.807) is 0 Å². The molecule has 0 saturated carbocycles. The lowest BCUT2D eigenvalue weighted by Gasteiger charge is -2.42. The van der Waals surface area contributed by atoms with E-state index in [4.69, 9.17) is 0 Å². The minimum atomic E-state index is -0.519. The van der Waals surface area contributed by atoms with E-state index >= 15 is 0 Å². The van der Waals surface area contributed by atoms with Gasteiger partial charge in [0.25, 0.3) is 0 Å². The molecule has 1 fully saturated rings. The lowest BCUT2D eigenvalue weighted by atomic mass is 9.74. The fourth-order valence-electron chi connectivity index (χ4n) is 3.35. The maximum atomic E-state index is 10.9. The molecule has 1 aliphatic carbocycles. The first-order valence-corrected chi connectivity index (χ1v) is 6.80. The van der Waals surface area contributed by atoms with Crippen LogP contribution in [0.2, 0.25) is 0 Å². The largest absolute Gasteiger partial charge is 0.388 e.